The molecule has 1 heterocycles. The van der Waals surface area contributed by atoms with Crippen LogP contribution in [0.25, 0.3) is 0 Å². The fraction of sp³-hybridized carbons (Fsp3) is 0.836. The number of esters is 10. The molecule has 23 heteroatoms. The Kier molecular flexibility index (Phi) is 43.8. The zero-order valence-corrected chi connectivity index (χ0v) is 56.0. The predicted molar refractivity (Wildman–Crippen MR) is 313 cm³/mol. The number of nitrogens with zero attached hydrogens (tertiary/aromatic N) is 1. The summed E-state index contributed by atoms with van der Waals surface area (Å²) in [7, 11) is 2.36. The lowest BCUT2D eigenvalue weighted by Crippen LogP contribution is -2.45. The van der Waals surface area contributed by atoms with E-state index in [9.17, 15) is 47.9 Å². The summed E-state index contributed by atoms with van der Waals surface area (Å²) in [5.41, 5.74) is 0.00568. The van der Waals surface area contributed by atoms with Gasteiger partial charge in [-0.2, -0.15) is 0 Å². The molecule has 1 rings (SSSR count). The molecule has 23 nitrogen and oxygen atoms in total. The Labute approximate surface area is 502 Å². The van der Waals surface area contributed by atoms with Gasteiger partial charge < -0.3 is 56.8 Å². The van der Waals surface area contributed by atoms with Crippen LogP contribution in [-0.2, 0) is 105 Å². The molecule has 1 aliphatic rings. The van der Waals surface area contributed by atoms with Gasteiger partial charge in [-0.1, -0.05) is 83.1 Å². The number of carbonyl (C=O) groups excluding carboxylic acids is 10. The van der Waals surface area contributed by atoms with E-state index in [1.165, 1.54) is 55.8 Å². The Morgan fingerprint density at radius 1 is 0.429 bits per heavy atom. The largest absolute Gasteiger partial charge is 0.469 e. The van der Waals surface area contributed by atoms with Gasteiger partial charge in [-0.25, -0.2) is 0 Å². The molecule has 1 aliphatic heterocycles. The standard InChI is InChI=1S/C16H26O8.C12H23NO4.2C11H20O4.C11H22O2/c1-16(2,3)8-11(9-23-14(19)6-12(17)21-4)10-24-15(20)7-13(18)22-5;1-10(14)16-8-6-13(12(3,4)5)7-9-17-11(2)15;2*1-8(12)14-6-10(11(3,4)5)7-15-9(2)13;1-8-6-9(2)13-10(12-8)7-11(3,4)5/h11H,6-10H2,1-5H3;6-9H2,1-5H3;2*10H,6-7H2,1-5H3;8-10H,6-7H2,1-5H3. The highest BCUT2D eigenvalue weighted by Gasteiger charge is 2.30. The molecular formula is C61H111NO22. The van der Waals surface area contributed by atoms with Gasteiger partial charge in [-0.3, -0.25) is 52.8 Å². The quantitative estimate of drug-likeness (QED) is 0.0495. The third-order valence-corrected chi connectivity index (χ3v) is 11.8. The van der Waals surface area contributed by atoms with Gasteiger partial charge in [0.15, 0.2) is 6.29 Å². The molecule has 84 heavy (non-hydrogen) atoms. The van der Waals surface area contributed by atoms with Crippen molar-refractivity contribution in [1.29, 1.82) is 0 Å². The number of hydrogen-bond donors (Lipinski definition) is 0. The molecule has 0 radical (unpaired) electrons. The molecular weight excluding hydrogens is 1100 g/mol. The summed E-state index contributed by atoms with van der Waals surface area (Å²) < 4.78 is 59.8. The van der Waals surface area contributed by atoms with E-state index < -0.39 is 36.7 Å². The first-order chi connectivity index (χ1) is 38.1. The summed E-state index contributed by atoms with van der Waals surface area (Å²) >= 11 is 0. The third-order valence-electron chi connectivity index (χ3n) is 11.8. The molecule has 0 aliphatic carbocycles. The summed E-state index contributed by atoms with van der Waals surface area (Å²) in [5.74, 6) is -4.81. The van der Waals surface area contributed by atoms with Crippen LogP contribution in [0.3, 0.4) is 0 Å². The molecule has 1 saturated heterocycles. The maximum atomic E-state index is 11.5. The smallest absolute Gasteiger partial charge is 0.317 e. The van der Waals surface area contributed by atoms with E-state index in [0.29, 0.717) is 44.9 Å². The van der Waals surface area contributed by atoms with E-state index in [1.54, 1.807) is 0 Å². The lowest BCUT2D eigenvalue weighted by atomic mass is 9.82. The van der Waals surface area contributed by atoms with Gasteiger partial charge in [0.1, 0.15) is 26.1 Å². The first kappa shape index (κ1) is 85.0. The summed E-state index contributed by atoms with van der Waals surface area (Å²) in [6, 6.07) is 0. The van der Waals surface area contributed by atoms with Crippen LogP contribution in [0.1, 0.15) is 191 Å². The van der Waals surface area contributed by atoms with E-state index in [-0.39, 0.29) is 127 Å². The van der Waals surface area contributed by atoms with Crippen molar-refractivity contribution < 1.29 is 105 Å². The summed E-state index contributed by atoms with van der Waals surface area (Å²) in [6.45, 7) is 46.5. The van der Waals surface area contributed by atoms with Crippen molar-refractivity contribution >= 4 is 59.7 Å². The predicted octanol–water partition coefficient (Wildman–Crippen LogP) is 8.98. The zero-order valence-electron chi connectivity index (χ0n) is 56.0. The Morgan fingerprint density at radius 3 is 0.952 bits per heavy atom. The monoisotopic (exact) mass is 1210 g/mol. The van der Waals surface area contributed by atoms with E-state index >= 15 is 0 Å². The second kappa shape index (κ2) is 43.2. The molecule has 1 fully saturated rings. The van der Waals surface area contributed by atoms with Gasteiger partial charge in [0.05, 0.1) is 66.1 Å². The van der Waals surface area contributed by atoms with Crippen LogP contribution >= 0.6 is 0 Å². The Hall–Kier alpha value is -5.42. The van der Waals surface area contributed by atoms with Crippen LogP contribution < -0.4 is 0 Å². The van der Waals surface area contributed by atoms with Crippen LogP contribution in [0.4, 0.5) is 0 Å². The number of carbonyl (C=O) groups is 10. The van der Waals surface area contributed by atoms with Gasteiger partial charge in [0.2, 0.25) is 0 Å². The molecule has 2 unspecified atom stereocenters. The minimum atomic E-state index is -0.707. The first-order valence-electron chi connectivity index (χ1n) is 28.4. The maximum Gasteiger partial charge on any atom is 0.317 e. The second-order valence-electron chi connectivity index (χ2n) is 26.0. The fourth-order valence-electron chi connectivity index (χ4n) is 7.01. The van der Waals surface area contributed by atoms with E-state index in [1.807, 2.05) is 62.3 Å². The maximum absolute atomic E-state index is 11.5. The highest BCUT2D eigenvalue weighted by atomic mass is 16.7. The van der Waals surface area contributed by atoms with Crippen LogP contribution in [0.15, 0.2) is 0 Å². The second-order valence-corrected chi connectivity index (χ2v) is 26.0. The summed E-state index contributed by atoms with van der Waals surface area (Å²) in [6.07, 6.45) is 2.35. The van der Waals surface area contributed by atoms with Gasteiger partial charge >= 0.3 is 59.7 Å². The minimum absolute atomic E-state index is 0.00116. The molecule has 2 atom stereocenters. The molecule has 492 valence electrons. The molecule has 0 aromatic carbocycles. The molecule has 0 aromatic rings. The van der Waals surface area contributed by atoms with Crippen molar-refractivity contribution in [1.82, 2.24) is 4.90 Å². The van der Waals surface area contributed by atoms with Crippen LogP contribution in [0.2, 0.25) is 0 Å². The highest BCUT2D eigenvalue weighted by molar-refractivity contribution is 5.91. The lowest BCUT2D eigenvalue weighted by molar-refractivity contribution is -0.243. The van der Waals surface area contributed by atoms with E-state index in [2.05, 4.69) is 69.8 Å². The molecule has 0 spiro atoms. The van der Waals surface area contributed by atoms with Gasteiger partial charge in [-0.15, -0.1) is 0 Å². The average Bonchev–Trinajstić information content (AvgIpc) is 3.29. The molecule has 0 amide bonds. The minimum Gasteiger partial charge on any atom is -0.469 e. The summed E-state index contributed by atoms with van der Waals surface area (Å²) in [5, 5.41) is 0. The molecule has 0 N–H and O–H groups in total. The van der Waals surface area contributed by atoms with Crippen molar-refractivity contribution in [3.63, 3.8) is 0 Å². The average molecular weight is 1210 g/mol. The van der Waals surface area contributed by atoms with E-state index in [4.69, 9.17) is 47.4 Å². The van der Waals surface area contributed by atoms with Gasteiger partial charge in [0, 0.05) is 84.3 Å². The molecule has 0 aromatic heterocycles. The molecule has 0 bridgehead atoms. The Balaban J connectivity index is -0.000000484. The number of rotatable bonds is 24. The third kappa shape index (κ3) is 55.8. The van der Waals surface area contributed by atoms with Gasteiger partial charge in [-0.05, 0) is 69.1 Å². The number of hydrogen-bond acceptors (Lipinski definition) is 23. The van der Waals surface area contributed by atoms with Crippen molar-refractivity contribution in [2.45, 2.75) is 215 Å². The summed E-state index contributed by atoms with van der Waals surface area (Å²) in [4.78, 5) is 111. The zero-order chi connectivity index (χ0) is 66.4. The van der Waals surface area contributed by atoms with Crippen molar-refractivity contribution in [3.05, 3.63) is 0 Å². The Morgan fingerprint density at radius 2 is 0.726 bits per heavy atom. The van der Waals surface area contributed by atoms with Crippen molar-refractivity contribution in [2.24, 2.45) is 39.4 Å². The van der Waals surface area contributed by atoms with Crippen LogP contribution in [0, 0.1) is 39.4 Å². The first-order valence-corrected chi connectivity index (χ1v) is 28.4. The lowest BCUT2D eigenvalue weighted by Gasteiger charge is -2.35. The van der Waals surface area contributed by atoms with Crippen LogP contribution in [0.5, 0.6) is 0 Å². The Bertz CT molecular complexity index is 1800. The topological polar surface area (TPSA) is 285 Å². The van der Waals surface area contributed by atoms with E-state index in [0.717, 1.165) is 12.8 Å². The highest BCUT2D eigenvalue weighted by Crippen LogP contribution is 2.30. The van der Waals surface area contributed by atoms with Crippen molar-refractivity contribution in [3.8, 4) is 0 Å². The molecule has 0 saturated carbocycles. The SMILES string of the molecule is CC(=O)OCC(COC(C)=O)C(C)(C)C.CC(=O)OCC(COC(C)=O)C(C)(C)C.CC(=O)OCCN(CCOC(C)=O)C(C)(C)C.CC1CC(C)OC(CC(C)(C)C)O1.COC(=O)CC(=O)OCC(COC(=O)CC(=O)OC)CC(C)(C)C. The van der Waals surface area contributed by atoms with Crippen molar-refractivity contribution in [2.75, 3.05) is 80.2 Å². The van der Waals surface area contributed by atoms with Gasteiger partial charge in [0.25, 0.3) is 0 Å². The fourth-order valence-corrected chi connectivity index (χ4v) is 7.01. The number of ether oxygens (including phenoxy) is 12. The van der Waals surface area contributed by atoms with Crippen LogP contribution in [-0.4, -0.2) is 169 Å². The number of methoxy groups -OCH3 is 2. The normalized spacial score (nSPS) is 15.1.